The van der Waals surface area contributed by atoms with Gasteiger partial charge in [0.05, 0.1) is 24.1 Å². The van der Waals surface area contributed by atoms with E-state index in [4.69, 9.17) is 14.5 Å². The number of aryl methyl sites for hydroxylation is 2. The van der Waals surface area contributed by atoms with Gasteiger partial charge in [0.15, 0.2) is 5.82 Å². The van der Waals surface area contributed by atoms with Crippen molar-refractivity contribution in [1.29, 1.82) is 0 Å². The van der Waals surface area contributed by atoms with Gasteiger partial charge in [-0.25, -0.2) is 4.98 Å². The Morgan fingerprint density at radius 2 is 1.75 bits per heavy atom. The van der Waals surface area contributed by atoms with Crippen LogP contribution < -0.4 is 4.74 Å². The predicted octanol–water partition coefficient (Wildman–Crippen LogP) is 3.89. The van der Waals surface area contributed by atoms with Gasteiger partial charge in [-0.05, 0) is 30.9 Å². The molecule has 1 unspecified atom stereocenters. The lowest BCUT2D eigenvalue weighted by Gasteiger charge is -2.22. The molecule has 1 fully saturated rings. The Kier molecular flexibility index (Phi) is 5.68. The van der Waals surface area contributed by atoms with Crippen LogP contribution in [0.2, 0.25) is 0 Å². The van der Waals surface area contributed by atoms with E-state index in [-0.39, 0.29) is 6.10 Å². The number of aromatic nitrogens is 6. The zero-order chi connectivity index (χ0) is 21.9. The van der Waals surface area contributed by atoms with E-state index in [2.05, 4.69) is 27.3 Å². The van der Waals surface area contributed by atoms with Crippen LogP contribution in [0, 0.1) is 0 Å². The van der Waals surface area contributed by atoms with E-state index < -0.39 is 0 Å². The summed E-state index contributed by atoms with van der Waals surface area (Å²) in [5.41, 5.74) is 4.77. The van der Waals surface area contributed by atoms with Crippen LogP contribution in [0.3, 0.4) is 0 Å². The molecule has 1 aromatic carbocycles. The van der Waals surface area contributed by atoms with Crippen molar-refractivity contribution in [1.82, 2.24) is 29.5 Å². The van der Waals surface area contributed by atoms with Crippen molar-refractivity contribution in [3.8, 4) is 39.5 Å². The number of hydrogen-bond donors (Lipinski definition) is 0. The molecule has 8 nitrogen and oxygen atoms in total. The average molecular weight is 431 g/mol. The number of hydrogen-bond acceptors (Lipinski definition) is 6. The summed E-state index contributed by atoms with van der Waals surface area (Å²) in [6.45, 7) is 1.26. The first kappa shape index (κ1) is 20.4. The molecule has 0 spiro atoms. The van der Waals surface area contributed by atoms with Crippen molar-refractivity contribution in [2.45, 2.75) is 25.4 Å². The molecule has 5 rings (SSSR count). The number of rotatable bonds is 6. The molecule has 4 aromatic rings. The van der Waals surface area contributed by atoms with Crippen LogP contribution in [0.25, 0.3) is 33.6 Å². The third kappa shape index (κ3) is 4.40. The number of ether oxygens (including phenoxy) is 2. The van der Waals surface area contributed by atoms with Crippen LogP contribution >= 0.6 is 0 Å². The third-order valence-electron chi connectivity index (χ3n) is 5.61. The molecule has 0 saturated carbocycles. The summed E-state index contributed by atoms with van der Waals surface area (Å²) in [7, 11) is 3.80. The monoisotopic (exact) mass is 430 g/mol. The SMILES string of the molecule is Cn1cc(-c2cccc(-c3ncc(-c4cnn(C)c4)c(OCC4CCCCO4)n3)c2)cn1. The summed E-state index contributed by atoms with van der Waals surface area (Å²) in [5.74, 6) is 1.16. The van der Waals surface area contributed by atoms with Crippen molar-refractivity contribution in [2.75, 3.05) is 13.2 Å². The first-order valence-electron chi connectivity index (χ1n) is 10.9. The third-order valence-corrected chi connectivity index (χ3v) is 5.61. The van der Waals surface area contributed by atoms with Gasteiger partial charge < -0.3 is 9.47 Å². The Balaban J connectivity index is 1.48. The van der Waals surface area contributed by atoms with E-state index in [0.717, 1.165) is 47.3 Å². The van der Waals surface area contributed by atoms with Gasteiger partial charge in [-0.15, -0.1) is 0 Å². The lowest BCUT2D eigenvalue weighted by molar-refractivity contribution is -0.0118. The number of nitrogens with zero attached hydrogens (tertiary/aromatic N) is 6. The van der Waals surface area contributed by atoms with Crippen LogP contribution in [0.4, 0.5) is 0 Å². The zero-order valence-corrected chi connectivity index (χ0v) is 18.3. The molecule has 0 amide bonds. The largest absolute Gasteiger partial charge is 0.474 e. The lowest BCUT2D eigenvalue weighted by Crippen LogP contribution is -2.26. The predicted molar refractivity (Wildman–Crippen MR) is 121 cm³/mol. The first-order chi connectivity index (χ1) is 15.7. The lowest BCUT2D eigenvalue weighted by atomic mass is 10.1. The molecule has 8 heteroatoms. The molecular formula is C24H26N6O2. The fourth-order valence-corrected chi connectivity index (χ4v) is 3.89. The highest BCUT2D eigenvalue weighted by atomic mass is 16.5. The summed E-state index contributed by atoms with van der Waals surface area (Å²) >= 11 is 0. The highest BCUT2D eigenvalue weighted by Gasteiger charge is 2.18. The Morgan fingerprint density at radius 3 is 2.47 bits per heavy atom. The van der Waals surface area contributed by atoms with E-state index in [1.54, 1.807) is 15.6 Å². The van der Waals surface area contributed by atoms with Crippen molar-refractivity contribution in [3.63, 3.8) is 0 Å². The fraction of sp³-hybridized carbons (Fsp3) is 0.333. The molecule has 1 aliphatic heterocycles. The molecule has 4 heterocycles. The fourth-order valence-electron chi connectivity index (χ4n) is 3.89. The quantitative estimate of drug-likeness (QED) is 0.462. The van der Waals surface area contributed by atoms with Crippen molar-refractivity contribution in [2.24, 2.45) is 14.1 Å². The van der Waals surface area contributed by atoms with Crippen molar-refractivity contribution in [3.05, 3.63) is 55.2 Å². The van der Waals surface area contributed by atoms with E-state index in [0.29, 0.717) is 18.3 Å². The smallest absolute Gasteiger partial charge is 0.225 e. The van der Waals surface area contributed by atoms with E-state index in [1.165, 1.54) is 6.42 Å². The minimum atomic E-state index is 0.0952. The molecule has 0 N–H and O–H groups in total. The highest BCUT2D eigenvalue weighted by molar-refractivity contribution is 5.72. The maximum Gasteiger partial charge on any atom is 0.225 e. The van der Waals surface area contributed by atoms with Crippen molar-refractivity contribution >= 4 is 0 Å². The minimum absolute atomic E-state index is 0.0952. The first-order valence-corrected chi connectivity index (χ1v) is 10.9. The van der Waals surface area contributed by atoms with Gasteiger partial charge in [-0.3, -0.25) is 9.36 Å². The Hall–Kier alpha value is -3.52. The summed E-state index contributed by atoms with van der Waals surface area (Å²) < 4.78 is 15.6. The molecule has 0 bridgehead atoms. The van der Waals surface area contributed by atoms with Crippen LogP contribution in [0.1, 0.15) is 19.3 Å². The molecule has 1 saturated heterocycles. The van der Waals surface area contributed by atoms with Gasteiger partial charge in [0, 0.05) is 56.0 Å². The number of benzene rings is 1. The Bertz CT molecular complexity index is 1210. The van der Waals surface area contributed by atoms with Crippen LogP contribution in [-0.2, 0) is 18.8 Å². The second-order valence-corrected chi connectivity index (χ2v) is 8.10. The zero-order valence-electron chi connectivity index (χ0n) is 18.3. The molecule has 1 atom stereocenters. The summed E-state index contributed by atoms with van der Waals surface area (Å²) in [6, 6.07) is 8.14. The van der Waals surface area contributed by atoms with Crippen molar-refractivity contribution < 1.29 is 9.47 Å². The molecule has 0 aliphatic carbocycles. The minimum Gasteiger partial charge on any atom is -0.474 e. The van der Waals surface area contributed by atoms with Gasteiger partial charge in [0.1, 0.15) is 6.61 Å². The van der Waals surface area contributed by atoms with Gasteiger partial charge in [0.25, 0.3) is 0 Å². The van der Waals surface area contributed by atoms with Crippen LogP contribution in [0.5, 0.6) is 5.88 Å². The normalized spacial score (nSPS) is 16.2. The second kappa shape index (κ2) is 8.92. The summed E-state index contributed by atoms with van der Waals surface area (Å²) in [4.78, 5) is 9.46. The molecule has 32 heavy (non-hydrogen) atoms. The van der Waals surface area contributed by atoms with Gasteiger partial charge in [-0.2, -0.15) is 15.2 Å². The van der Waals surface area contributed by atoms with E-state index >= 15 is 0 Å². The summed E-state index contributed by atoms with van der Waals surface area (Å²) in [5, 5.41) is 8.56. The maximum absolute atomic E-state index is 6.19. The van der Waals surface area contributed by atoms with Gasteiger partial charge >= 0.3 is 0 Å². The topological polar surface area (TPSA) is 79.9 Å². The standard InChI is InChI=1S/C24H26N6O2/c1-29-14-19(11-26-29)17-6-5-7-18(10-17)23-25-13-22(20-12-27-30(2)15-20)24(28-23)32-16-21-8-3-4-9-31-21/h5-7,10-15,21H,3-4,8-9,16H2,1-2H3. The summed E-state index contributed by atoms with van der Waals surface area (Å²) in [6.07, 6.45) is 12.8. The van der Waals surface area contributed by atoms with Gasteiger partial charge in [0.2, 0.25) is 5.88 Å². The van der Waals surface area contributed by atoms with E-state index in [1.807, 2.05) is 51.0 Å². The maximum atomic E-state index is 6.19. The molecule has 3 aromatic heterocycles. The Labute approximate surface area is 186 Å². The van der Waals surface area contributed by atoms with E-state index in [9.17, 15) is 0 Å². The highest BCUT2D eigenvalue weighted by Crippen LogP contribution is 2.31. The average Bonchev–Trinajstić information content (AvgIpc) is 3.46. The van der Waals surface area contributed by atoms with Crippen LogP contribution in [0.15, 0.2) is 55.2 Å². The van der Waals surface area contributed by atoms with Gasteiger partial charge in [-0.1, -0.05) is 18.2 Å². The Morgan fingerprint density at radius 1 is 0.969 bits per heavy atom. The molecule has 1 aliphatic rings. The van der Waals surface area contributed by atoms with Crippen LogP contribution in [-0.4, -0.2) is 48.8 Å². The molecule has 0 radical (unpaired) electrons. The molecular weight excluding hydrogens is 404 g/mol. The molecule has 164 valence electrons. The second-order valence-electron chi connectivity index (χ2n) is 8.10.